The van der Waals surface area contributed by atoms with Crippen LogP contribution in [0.3, 0.4) is 0 Å². The van der Waals surface area contributed by atoms with Gasteiger partial charge in [0.05, 0.1) is 0 Å². The fourth-order valence-corrected chi connectivity index (χ4v) is 2.59. The van der Waals surface area contributed by atoms with E-state index in [9.17, 15) is 9.59 Å². The van der Waals surface area contributed by atoms with Gasteiger partial charge in [0.2, 0.25) is 11.8 Å². The first-order chi connectivity index (χ1) is 12.5. The Kier molecular flexibility index (Phi) is 11.0. The molecule has 0 heterocycles. The number of allylic oxidation sites excluding steroid dienone is 1. The van der Waals surface area contributed by atoms with Crippen molar-refractivity contribution in [3.05, 3.63) is 37.5 Å². The predicted octanol–water partition coefficient (Wildman–Crippen LogP) is 4.83. The summed E-state index contributed by atoms with van der Waals surface area (Å²) in [6, 6.07) is 0. The zero-order valence-electron chi connectivity index (χ0n) is 18.4. The normalized spacial score (nSPS) is 12.1. The molecule has 0 aromatic heterocycles. The van der Waals surface area contributed by atoms with Crippen molar-refractivity contribution in [1.82, 2.24) is 9.80 Å². The second kappa shape index (κ2) is 11.8. The molecule has 0 N–H and O–H groups in total. The number of rotatable bonds is 12. The van der Waals surface area contributed by atoms with Crippen molar-refractivity contribution in [3.63, 3.8) is 0 Å². The Hall–Kier alpha value is -1.84. The maximum atomic E-state index is 12.4. The molecule has 0 saturated heterocycles. The van der Waals surface area contributed by atoms with Crippen molar-refractivity contribution in [2.24, 2.45) is 10.8 Å². The summed E-state index contributed by atoms with van der Waals surface area (Å²) < 4.78 is 0. The molecule has 0 spiro atoms. The summed E-state index contributed by atoms with van der Waals surface area (Å²) >= 11 is 0. The first-order valence-electron chi connectivity index (χ1n) is 9.93. The summed E-state index contributed by atoms with van der Waals surface area (Å²) in [5.41, 5.74) is 0.222. The molecule has 0 aromatic carbocycles. The first-order valence-corrected chi connectivity index (χ1v) is 9.93. The molecule has 27 heavy (non-hydrogen) atoms. The minimum atomic E-state index is -0.0751. The topological polar surface area (TPSA) is 40.6 Å². The monoisotopic (exact) mass is 376 g/mol. The molecule has 0 atom stereocenters. The lowest BCUT2D eigenvalue weighted by atomic mass is 9.85. The number of carbonyl (C=O) groups is 2. The van der Waals surface area contributed by atoms with Gasteiger partial charge < -0.3 is 9.80 Å². The maximum absolute atomic E-state index is 12.4. The summed E-state index contributed by atoms with van der Waals surface area (Å²) in [6.45, 7) is 22.8. The van der Waals surface area contributed by atoms with E-state index in [1.807, 2.05) is 17.9 Å². The standard InChI is InChI=1S/C23H40N2O2/c1-9-17-25(20(26)10-2)19-16-23(7,8)14-12-13-21(27)24(11-3)18-15-22(4,5)6/h9-10,12-13H,1-2,11,14-19H2,3-8H3. The average Bonchev–Trinajstić information content (AvgIpc) is 2.57. The molecular weight excluding hydrogens is 336 g/mol. The zero-order chi connectivity index (χ0) is 21.1. The van der Waals surface area contributed by atoms with Crippen LogP contribution in [0, 0.1) is 10.8 Å². The van der Waals surface area contributed by atoms with E-state index < -0.39 is 0 Å². The molecule has 0 aromatic rings. The maximum Gasteiger partial charge on any atom is 0.246 e. The lowest BCUT2D eigenvalue weighted by molar-refractivity contribution is -0.126. The fourth-order valence-electron chi connectivity index (χ4n) is 2.59. The summed E-state index contributed by atoms with van der Waals surface area (Å²) in [6.07, 6.45) is 9.36. The van der Waals surface area contributed by atoms with Crippen LogP contribution in [0.25, 0.3) is 0 Å². The van der Waals surface area contributed by atoms with E-state index in [0.717, 1.165) is 32.4 Å². The van der Waals surface area contributed by atoms with Gasteiger partial charge in [-0.2, -0.15) is 0 Å². The van der Waals surface area contributed by atoms with Crippen LogP contribution in [0.5, 0.6) is 0 Å². The van der Waals surface area contributed by atoms with Gasteiger partial charge in [-0.3, -0.25) is 9.59 Å². The number of amides is 2. The van der Waals surface area contributed by atoms with Gasteiger partial charge in [-0.1, -0.05) is 53.3 Å². The first kappa shape index (κ1) is 25.2. The second-order valence-corrected chi connectivity index (χ2v) is 9.03. The van der Waals surface area contributed by atoms with Crippen LogP contribution in [-0.4, -0.2) is 47.8 Å². The fraction of sp³-hybridized carbons (Fsp3) is 0.652. The lowest BCUT2D eigenvalue weighted by Crippen LogP contribution is -2.33. The molecule has 2 amide bonds. The Morgan fingerprint density at radius 2 is 1.52 bits per heavy atom. The number of nitrogens with zero attached hydrogens (tertiary/aromatic N) is 2. The van der Waals surface area contributed by atoms with Gasteiger partial charge in [-0.25, -0.2) is 0 Å². The molecule has 154 valence electrons. The highest BCUT2D eigenvalue weighted by Crippen LogP contribution is 2.26. The van der Waals surface area contributed by atoms with Crippen molar-refractivity contribution < 1.29 is 9.59 Å². The van der Waals surface area contributed by atoms with Crippen molar-refractivity contribution in [2.45, 2.75) is 60.8 Å². The van der Waals surface area contributed by atoms with Crippen LogP contribution in [0.4, 0.5) is 0 Å². The SMILES string of the molecule is C=CCN(CCC(C)(C)CC=CC(=O)N(CC)CCC(C)(C)C)C(=O)C=C. The second-order valence-electron chi connectivity index (χ2n) is 9.03. The Morgan fingerprint density at radius 3 is 2.00 bits per heavy atom. The Morgan fingerprint density at radius 1 is 0.926 bits per heavy atom. The molecule has 4 heteroatoms. The summed E-state index contributed by atoms with van der Waals surface area (Å²) in [4.78, 5) is 27.9. The van der Waals surface area contributed by atoms with E-state index in [2.05, 4.69) is 47.8 Å². The van der Waals surface area contributed by atoms with E-state index in [1.54, 1.807) is 17.1 Å². The highest BCUT2D eigenvalue weighted by molar-refractivity contribution is 5.87. The van der Waals surface area contributed by atoms with Crippen LogP contribution in [0.15, 0.2) is 37.5 Å². The third kappa shape index (κ3) is 11.5. The van der Waals surface area contributed by atoms with E-state index in [0.29, 0.717) is 13.1 Å². The molecule has 0 rings (SSSR count). The lowest BCUT2D eigenvalue weighted by Gasteiger charge is -2.28. The smallest absolute Gasteiger partial charge is 0.246 e. The molecule has 0 saturated carbocycles. The van der Waals surface area contributed by atoms with Crippen molar-refractivity contribution >= 4 is 11.8 Å². The molecule has 0 fully saturated rings. The quantitative estimate of drug-likeness (QED) is 0.361. The van der Waals surface area contributed by atoms with Crippen LogP contribution < -0.4 is 0 Å². The minimum absolute atomic E-state index is 0.000103. The molecule has 0 bridgehead atoms. The Bertz CT molecular complexity index is 527. The molecular formula is C23H40N2O2. The number of carbonyl (C=O) groups excluding carboxylic acids is 2. The third-order valence-electron chi connectivity index (χ3n) is 4.65. The van der Waals surface area contributed by atoms with Crippen LogP contribution in [-0.2, 0) is 9.59 Å². The van der Waals surface area contributed by atoms with Gasteiger partial charge in [-0.05, 0) is 49.2 Å². The number of likely N-dealkylation sites (N-methyl/N-ethyl adjacent to an activating group) is 1. The third-order valence-corrected chi connectivity index (χ3v) is 4.65. The van der Waals surface area contributed by atoms with Crippen LogP contribution in [0.2, 0.25) is 0 Å². The average molecular weight is 377 g/mol. The Labute approximate surface area is 167 Å². The van der Waals surface area contributed by atoms with Crippen molar-refractivity contribution in [2.75, 3.05) is 26.2 Å². The summed E-state index contributed by atoms with van der Waals surface area (Å²) in [5, 5.41) is 0. The summed E-state index contributed by atoms with van der Waals surface area (Å²) in [5.74, 6) is 0.00141. The van der Waals surface area contributed by atoms with Gasteiger partial charge in [-0.15, -0.1) is 6.58 Å². The van der Waals surface area contributed by atoms with Crippen molar-refractivity contribution in [1.29, 1.82) is 0 Å². The highest BCUT2D eigenvalue weighted by atomic mass is 16.2. The molecule has 4 nitrogen and oxygen atoms in total. The van der Waals surface area contributed by atoms with Gasteiger partial charge in [0, 0.05) is 26.2 Å². The van der Waals surface area contributed by atoms with Gasteiger partial charge in [0.1, 0.15) is 0 Å². The summed E-state index contributed by atoms with van der Waals surface area (Å²) in [7, 11) is 0. The number of hydrogen-bond donors (Lipinski definition) is 0. The molecule has 0 aliphatic rings. The van der Waals surface area contributed by atoms with Gasteiger partial charge in [0.25, 0.3) is 0 Å². The largest absolute Gasteiger partial charge is 0.339 e. The molecule has 0 aliphatic carbocycles. The molecule has 0 radical (unpaired) electrons. The molecule has 0 unspecified atom stereocenters. The minimum Gasteiger partial charge on any atom is -0.339 e. The Balaban J connectivity index is 4.62. The molecule has 0 aliphatic heterocycles. The van der Waals surface area contributed by atoms with E-state index in [4.69, 9.17) is 0 Å². The van der Waals surface area contributed by atoms with E-state index in [1.165, 1.54) is 6.08 Å². The van der Waals surface area contributed by atoms with E-state index in [-0.39, 0.29) is 22.6 Å². The van der Waals surface area contributed by atoms with Crippen molar-refractivity contribution in [3.8, 4) is 0 Å². The van der Waals surface area contributed by atoms with Gasteiger partial charge >= 0.3 is 0 Å². The van der Waals surface area contributed by atoms with Crippen LogP contribution in [0.1, 0.15) is 60.8 Å². The highest BCUT2D eigenvalue weighted by Gasteiger charge is 2.20. The predicted molar refractivity (Wildman–Crippen MR) is 115 cm³/mol. The van der Waals surface area contributed by atoms with Crippen LogP contribution >= 0.6 is 0 Å². The van der Waals surface area contributed by atoms with E-state index >= 15 is 0 Å². The number of hydrogen-bond acceptors (Lipinski definition) is 2. The van der Waals surface area contributed by atoms with Gasteiger partial charge in [0.15, 0.2) is 0 Å². The zero-order valence-corrected chi connectivity index (χ0v) is 18.4.